The van der Waals surface area contributed by atoms with Crippen molar-refractivity contribution in [1.82, 2.24) is 30.4 Å². The topological polar surface area (TPSA) is 177 Å². The lowest BCUT2D eigenvalue weighted by atomic mass is 9.97. The molecule has 3 N–H and O–H groups in total. The number of amidine groups is 1. The number of ether oxygens (including phenoxy) is 1. The first-order chi connectivity index (χ1) is 17.8. The van der Waals surface area contributed by atoms with Crippen LogP contribution in [0.5, 0.6) is 0 Å². The average Bonchev–Trinajstić information content (AvgIpc) is 3.29. The van der Waals surface area contributed by atoms with Crippen molar-refractivity contribution in [2.45, 2.75) is 83.9 Å². The third-order valence-corrected chi connectivity index (χ3v) is 11.3. The molecule has 2 atom stereocenters. The number of hydroxylamine groups is 2. The van der Waals surface area contributed by atoms with Gasteiger partial charge in [0.15, 0.2) is 5.84 Å². The van der Waals surface area contributed by atoms with E-state index in [1.54, 1.807) is 32.5 Å². The van der Waals surface area contributed by atoms with E-state index in [9.17, 15) is 22.6 Å². The number of fused-ring (bicyclic) bond motifs is 4. The summed E-state index contributed by atoms with van der Waals surface area (Å²) in [6, 6.07) is -2.50. The predicted molar refractivity (Wildman–Crippen MR) is 143 cm³/mol. The number of rotatable bonds is 8. The Morgan fingerprint density at radius 2 is 1.90 bits per heavy atom. The maximum Gasteiger partial charge on any atom is 0.418 e. The van der Waals surface area contributed by atoms with E-state index in [2.05, 4.69) is 45.9 Å². The lowest BCUT2D eigenvalue weighted by molar-refractivity contribution is -0.0316. The van der Waals surface area contributed by atoms with Crippen LogP contribution in [-0.4, -0.2) is 84.7 Å². The maximum absolute atomic E-state index is 13.3. The number of amides is 3. The molecule has 0 saturated carbocycles. The van der Waals surface area contributed by atoms with Crippen molar-refractivity contribution in [2.24, 2.45) is 5.16 Å². The highest BCUT2D eigenvalue weighted by Crippen LogP contribution is 2.45. The summed E-state index contributed by atoms with van der Waals surface area (Å²) in [6.07, 6.45) is 0.908. The van der Waals surface area contributed by atoms with Crippen LogP contribution in [-0.2, 0) is 30.5 Å². The van der Waals surface area contributed by atoms with Crippen LogP contribution in [0.3, 0.4) is 0 Å². The Morgan fingerprint density at radius 3 is 2.44 bits per heavy atom. The van der Waals surface area contributed by atoms with Crippen molar-refractivity contribution < 1.29 is 36.1 Å². The van der Waals surface area contributed by atoms with Gasteiger partial charge in [0.1, 0.15) is 17.7 Å². The van der Waals surface area contributed by atoms with E-state index >= 15 is 0 Å². The molecule has 0 unspecified atom stereocenters. The van der Waals surface area contributed by atoms with Crippen LogP contribution in [0.15, 0.2) is 11.4 Å². The molecule has 1 aromatic heterocycles. The molecule has 0 spiro atoms. The zero-order chi connectivity index (χ0) is 29.6. The molecule has 15 nitrogen and oxygen atoms in total. The fourth-order valence-electron chi connectivity index (χ4n) is 3.90. The number of hydrogen-bond donors (Lipinski definition) is 3. The number of likely N-dealkylation sites (N-methyl/N-ethyl adjacent to an activating group) is 1. The second-order valence-electron chi connectivity index (χ2n) is 11.9. The van der Waals surface area contributed by atoms with Crippen LogP contribution < -0.4 is 10.6 Å². The van der Waals surface area contributed by atoms with Gasteiger partial charge in [-0.3, -0.25) is 9.23 Å². The van der Waals surface area contributed by atoms with Crippen LogP contribution >= 0.6 is 0 Å². The Kier molecular flexibility index (Phi) is 8.32. The van der Waals surface area contributed by atoms with Crippen LogP contribution in [0.2, 0.25) is 18.1 Å². The Balaban J connectivity index is 2.00. The van der Waals surface area contributed by atoms with E-state index < -0.39 is 48.5 Å². The Bertz CT molecular complexity index is 1240. The first kappa shape index (κ1) is 30.6. The zero-order valence-electron chi connectivity index (χ0n) is 23.8. The summed E-state index contributed by atoms with van der Waals surface area (Å²) in [5.41, 5.74) is 0.364. The van der Waals surface area contributed by atoms with E-state index in [4.69, 9.17) is 9.26 Å². The normalized spacial score (nSPS) is 20.2. The van der Waals surface area contributed by atoms with Crippen LogP contribution in [0, 0.1) is 0 Å². The number of hydrogen-bond acceptors (Lipinski definition) is 9. The molecular weight excluding hydrogens is 550 g/mol. The molecule has 3 rings (SSSR count). The van der Waals surface area contributed by atoms with E-state index in [1.807, 2.05) is 13.1 Å². The molecule has 2 aliphatic rings. The van der Waals surface area contributed by atoms with Crippen molar-refractivity contribution in [1.29, 1.82) is 0 Å². The van der Waals surface area contributed by atoms with Crippen LogP contribution in [0.1, 0.15) is 64.9 Å². The Hall–Kier alpha value is -2.89. The third kappa shape index (κ3) is 6.82. The number of oxime groups is 1. The standard InChI is InChI=1S/C22H39N7O8SSi/c1-21(2,3)35-19(30)24-10-11-28-16-14(12-25-28)15-13-27(20(31)29(15)37-38(32,33)34)17(16)18(23-7)26-36-39(8,9)22(4,5)6/h12,15,17H,10-11,13H2,1-9H3,(H,23,26)(H,24,30)(H,32,33,34)/t15-,17-/m0/s1. The molecule has 3 amide bonds. The smallest absolute Gasteiger partial charge is 0.418 e. The molecule has 3 heterocycles. The van der Waals surface area contributed by atoms with E-state index in [0.717, 1.165) is 0 Å². The number of nitrogens with one attached hydrogen (secondary N) is 2. The molecule has 0 aliphatic carbocycles. The van der Waals surface area contributed by atoms with Gasteiger partial charge in [-0.2, -0.15) is 18.6 Å². The number of carbonyl (C=O) groups is 2. The number of nitrogens with zero attached hydrogens (tertiary/aromatic N) is 5. The molecule has 2 aliphatic heterocycles. The van der Waals surface area contributed by atoms with Crippen LogP contribution in [0.25, 0.3) is 0 Å². The van der Waals surface area contributed by atoms with Gasteiger partial charge < -0.3 is 24.8 Å². The highest BCUT2D eigenvalue weighted by atomic mass is 32.3. The molecule has 1 aromatic rings. The van der Waals surface area contributed by atoms with Gasteiger partial charge in [0.05, 0.1) is 25.0 Å². The van der Waals surface area contributed by atoms with Crippen molar-refractivity contribution in [2.75, 3.05) is 20.1 Å². The van der Waals surface area contributed by atoms with E-state index in [0.29, 0.717) is 22.2 Å². The van der Waals surface area contributed by atoms with Gasteiger partial charge >= 0.3 is 22.5 Å². The molecule has 0 radical (unpaired) electrons. The van der Waals surface area contributed by atoms with Gasteiger partial charge in [0.25, 0.3) is 8.32 Å². The summed E-state index contributed by atoms with van der Waals surface area (Å²) in [4.78, 5) is 26.8. The second-order valence-corrected chi connectivity index (χ2v) is 17.6. The highest BCUT2D eigenvalue weighted by Gasteiger charge is 2.53. The number of aromatic nitrogens is 2. The first-order valence-electron chi connectivity index (χ1n) is 12.5. The third-order valence-electron chi connectivity index (χ3n) is 6.79. The number of urea groups is 1. The van der Waals surface area contributed by atoms with Crippen molar-refractivity contribution in [3.8, 4) is 0 Å². The van der Waals surface area contributed by atoms with Gasteiger partial charge in [0, 0.05) is 19.2 Å². The molecular formula is C22H39N7O8SSi. The van der Waals surface area contributed by atoms with Crippen molar-refractivity contribution in [3.05, 3.63) is 17.5 Å². The minimum atomic E-state index is -4.98. The summed E-state index contributed by atoms with van der Waals surface area (Å²) in [6.45, 7) is 15.9. The second kappa shape index (κ2) is 10.6. The largest absolute Gasteiger partial charge is 0.453 e. The summed E-state index contributed by atoms with van der Waals surface area (Å²) in [5, 5.41) is 15.0. The molecule has 220 valence electrons. The summed E-state index contributed by atoms with van der Waals surface area (Å²) in [5.74, 6) is 0.295. The molecule has 1 saturated heterocycles. The summed E-state index contributed by atoms with van der Waals surface area (Å²) < 4.78 is 49.9. The molecule has 2 bridgehead atoms. The molecule has 1 fully saturated rings. The molecule has 39 heavy (non-hydrogen) atoms. The van der Waals surface area contributed by atoms with Crippen molar-refractivity contribution >= 4 is 36.7 Å². The molecule has 17 heteroatoms. The first-order valence-corrected chi connectivity index (χ1v) is 16.8. The summed E-state index contributed by atoms with van der Waals surface area (Å²) in [7, 11) is -5.68. The minimum Gasteiger partial charge on any atom is -0.453 e. The SMILES string of the molecule is CN/C(=N\O[Si](C)(C)C(C)(C)C)[C@@H]1c2c(cnn2CCNC(=O)OC(C)(C)C)[C@@H]2CN1C(=O)N2OS(=O)(=O)O. The predicted octanol–water partition coefficient (Wildman–Crippen LogP) is 2.53. The van der Waals surface area contributed by atoms with Gasteiger partial charge in [-0.1, -0.05) is 25.9 Å². The lowest BCUT2D eigenvalue weighted by Crippen LogP contribution is -2.45. The monoisotopic (exact) mass is 589 g/mol. The van der Waals surface area contributed by atoms with Gasteiger partial charge in [-0.25, -0.2) is 9.59 Å². The average molecular weight is 590 g/mol. The number of carbonyl (C=O) groups excluding carboxylic acids is 2. The van der Waals surface area contributed by atoms with E-state index in [1.165, 1.54) is 11.1 Å². The zero-order valence-corrected chi connectivity index (χ0v) is 25.6. The van der Waals surface area contributed by atoms with Crippen molar-refractivity contribution in [3.63, 3.8) is 0 Å². The van der Waals surface area contributed by atoms with Gasteiger partial charge in [0.2, 0.25) is 0 Å². The molecule has 0 aromatic carbocycles. The Morgan fingerprint density at radius 1 is 1.26 bits per heavy atom. The highest BCUT2D eigenvalue weighted by molar-refractivity contribution is 7.80. The fraction of sp³-hybridized carbons (Fsp3) is 0.727. The lowest BCUT2D eigenvalue weighted by Gasteiger charge is -2.35. The van der Waals surface area contributed by atoms with Crippen LogP contribution in [0.4, 0.5) is 9.59 Å². The van der Waals surface area contributed by atoms with E-state index in [-0.39, 0.29) is 24.7 Å². The van der Waals surface area contributed by atoms with Gasteiger partial charge in [-0.05, 0) is 38.9 Å². The fourth-order valence-corrected chi connectivity index (χ4v) is 4.87. The number of alkyl carbamates (subject to hydrolysis) is 1. The van der Waals surface area contributed by atoms with Gasteiger partial charge in [-0.15, -0.1) is 4.28 Å². The maximum atomic E-state index is 13.3. The minimum absolute atomic E-state index is 0.0503. The summed E-state index contributed by atoms with van der Waals surface area (Å²) >= 11 is 0. The Labute approximate surface area is 229 Å². The quantitative estimate of drug-likeness (QED) is 0.134.